The molecule has 1 spiro atoms. The highest BCUT2D eigenvalue weighted by molar-refractivity contribution is 5.73. The van der Waals surface area contributed by atoms with Crippen molar-refractivity contribution in [2.75, 3.05) is 38.2 Å². The molecule has 6 rings (SSSR count). The van der Waals surface area contributed by atoms with Gasteiger partial charge >= 0.3 is 5.97 Å². The lowest BCUT2D eigenvalue weighted by molar-refractivity contribution is -0.141. The maximum atomic E-state index is 14.4. The number of carbonyl (C=O) groups is 1. The molecular weight excluding hydrogens is 525 g/mol. The van der Waals surface area contributed by atoms with E-state index in [0.717, 1.165) is 63.1 Å². The van der Waals surface area contributed by atoms with E-state index in [2.05, 4.69) is 48.8 Å². The second-order valence-corrected chi connectivity index (χ2v) is 11.9. The van der Waals surface area contributed by atoms with Crippen molar-refractivity contribution in [3.63, 3.8) is 0 Å². The molecule has 3 aliphatic rings. The van der Waals surface area contributed by atoms with E-state index < -0.39 is 0 Å². The number of hydrogen-bond acceptors (Lipinski definition) is 10. The van der Waals surface area contributed by atoms with Crippen LogP contribution in [0.2, 0.25) is 0 Å². The third kappa shape index (κ3) is 5.72. The Labute approximate surface area is 239 Å². The third-order valence-corrected chi connectivity index (χ3v) is 8.64. The Balaban J connectivity index is 1.19. The van der Waals surface area contributed by atoms with Crippen molar-refractivity contribution in [2.45, 2.75) is 57.9 Å². The Morgan fingerprint density at radius 3 is 2.73 bits per heavy atom. The zero-order valence-electron chi connectivity index (χ0n) is 23.8. The summed E-state index contributed by atoms with van der Waals surface area (Å²) < 4.78 is 25.6. The number of likely N-dealkylation sites (tertiary alicyclic amines) is 1. The first-order valence-corrected chi connectivity index (χ1v) is 14.4. The quantitative estimate of drug-likeness (QED) is 0.325. The summed E-state index contributed by atoms with van der Waals surface area (Å²) in [6.45, 7) is 8.03. The Morgan fingerprint density at radius 1 is 1.15 bits per heavy atom. The third-order valence-electron chi connectivity index (χ3n) is 8.64. The van der Waals surface area contributed by atoms with Crippen molar-refractivity contribution < 1.29 is 18.7 Å². The highest BCUT2D eigenvalue weighted by atomic mass is 19.1. The molecule has 3 fully saturated rings. The van der Waals surface area contributed by atoms with Crippen LogP contribution in [-0.4, -0.2) is 75.3 Å². The Bertz CT molecular complexity index is 1410. The van der Waals surface area contributed by atoms with E-state index in [-0.39, 0.29) is 23.1 Å². The van der Waals surface area contributed by atoms with Crippen LogP contribution in [0.15, 0.2) is 37.1 Å². The molecule has 0 radical (unpaired) electrons. The van der Waals surface area contributed by atoms with Gasteiger partial charge in [0.2, 0.25) is 0 Å². The standard InChI is InChI=1S/C30H36FN7O3/c1-19(2)24(7-9-26(39)40-3)38-15-30(16-38)10-11-37(14-30)28-29(36-35-18-34-28)41-25-8-6-21(31)12-22(25)23-13-32-17-33-27(23)20-4-5-20/h6,8,12-13,17-20,24H,4-5,7,9-11,14-16H2,1-3H3/t24-/m0/s1. The number of aromatic nitrogens is 5. The Kier molecular flexibility index (Phi) is 7.54. The fourth-order valence-corrected chi connectivity index (χ4v) is 6.41. The van der Waals surface area contributed by atoms with Gasteiger partial charge in [-0.05, 0) is 49.8 Å². The van der Waals surface area contributed by atoms with Crippen LogP contribution in [0.5, 0.6) is 11.6 Å². The molecule has 1 aliphatic carbocycles. The van der Waals surface area contributed by atoms with Crippen LogP contribution in [0.25, 0.3) is 11.1 Å². The number of benzene rings is 1. The van der Waals surface area contributed by atoms with Gasteiger partial charge in [0.05, 0.1) is 12.8 Å². The summed E-state index contributed by atoms with van der Waals surface area (Å²) in [6, 6.07) is 4.79. The van der Waals surface area contributed by atoms with Crippen LogP contribution < -0.4 is 9.64 Å². The van der Waals surface area contributed by atoms with E-state index in [0.29, 0.717) is 41.4 Å². The summed E-state index contributed by atoms with van der Waals surface area (Å²) in [5, 5.41) is 8.29. The fraction of sp³-hybridized carbons (Fsp3) is 0.533. The molecule has 1 saturated carbocycles. The first-order valence-electron chi connectivity index (χ1n) is 14.4. The maximum Gasteiger partial charge on any atom is 0.305 e. The van der Waals surface area contributed by atoms with Gasteiger partial charge in [-0.1, -0.05) is 13.8 Å². The lowest BCUT2D eigenvalue weighted by Crippen LogP contribution is -2.62. The van der Waals surface area contributed by atoms with E-state index >= 15 is 0 Å². The van der Waals surface area contributed by atoms with E-state index in [1.54, 1.807) is 12.3 Å². The summed E-state index contributed by atoms with van der Waals surface area (Å²) in [6.07, 6.45) is 9.08. The van der Waals surface area contributed by atoms with Crippen molar-refractivity contribution in [3.05, 3.63) is 48.6 Å². The number of methoxy groups -OCH3 is 1. The van der Waals surface area contributed by atoms with Gasteiger partial charge in [0.25, 0.3) is 5.88 Å². The first-order chi connectivity index (χ1) is 19.9. The van der Waals surface area contributed by atoms with E-state index in [1.807, 2.05) is 0 Å². The zero-order valence-corrected chi connectivity index (χ0v) is 23.8. The van der Waals surface area contributed by atoms with Gasteiger partial charge in [-0.2, -0.15) is 0 Å². The van der Waals surface area contributed by atoms with Gasteiger partial charge in [0, 0.05) is 67.3 Å². The molecule has 0 bridgehead atoms. The average molecular weight is 562 g/mol. The van der Waals surface area contributed by atoms with Crippen LogP contribution >= 0.6 is 0 Å². The lowest BCUT2D eigenvalue weighted by atomic mass is 9.76. The monoisotopic (exact) mass is 561 g/mol. The number of rotatable bonds is 10. The van der Waals surface area contributed by atoms with Crippen molar-refractivity contribution in [3.8, 4) is 22.8 Å². The van der Waals surface area contributed by atoms with Crippen LogP contribution in [0, 0.1) is 17.2 Å². The number of hydrogen-bond donors (Lipinski definition) is 0. The molecule has 4 heterocycles. The summed E-state index contributed by atoms with van der Waals surface area (Å²) in [5.41, 5.74) is 2.42. The topological polar surface area (TPSA) is 106 Å². The molecule has 41 heavy (non-hydrogen) atoms. The molecule has 0 amide bonds. The molecule has 0 unspecified atom stereocenters. The predicted octanol–water partition coefficient (Wildman–Crippen LogP) is 4.63. The van der Waals surface area contributed by atoms with Crippen LogP contribution in [0.3, 0.4) is 0 Å². The second kappa shape index (κ2) is 11.3. The maximum absolute atomic E-state index is 14.4. The van der Waals surface area contributed by atoms with Crippen molar-refractivity contribution in [2.24, 2.45) is 11.3 Å². The van der Waals surface area contributed by atoms with Gasteiger partial charge in [-0.3, -0.25) is 9.69 Å². The molecule has 2 aromatic heterocycles. The summed E-state index contributed by atoms with van der Waals surface area (Å²) >= 11 is 0. The van der Waals surface area contributed by atoms with Gasteiger partial charge < -0.3 is 14.4 Å². The number of nitrogens with zero attached hydrogens (tertiary/aromatic N) is 7. The minimum Gasteiger partial charge on any atom is -0.469 e. The average Bonchev–Trinajstić information content (AvgIpc) is 3.71. The number of halogens is 1. The van der Waals surface area contributed by atoms with Gasteiger partial charge in [0.15, 0.2) is 5.82 Å². The normalized spacial score (nSPS) is 18.9. The summed E-state index contributed by atoms with van der Waals surface area (Å²) in [7, 11) is 1.44. The van der Waals surface area contributed by atoms with Crippen molar-refractivity contribution in [1.29, 1.82) is 0 Å². The zero-order chi connectivity index (χ0) is 28.6. The Morgan fingerprint density at radius 2 is 1.98 bits per heavy atom. The fourth-order valence-electron chi connectivity index (χ4n) is 6.41. The highest BCUT2D eigenvalue weighted by Crippen LogP contribution is 2.47. The van der Waals surface area contributed by atoms with Crippen LogP contribution in [-0.2, 0) is 9.53 Å². The molecular formula is C30H36FN7O3. The molecule has 3 aromatic rings. The summed E-state index contributed by atoms with van der Waals surface area (Å²) in [5.74, 6) is 1.66. The molecule has 11 heteroatoms. The Hall–Kier alpha value is -3.73. The van der Waals surface area contributed by atoms with E-state index in [1.165, 1.54) is 31.9 Å². The number of anilines is 1. The number of carbonyl (C=O) groups excluding carboxylic acids is 1. The molecule has 216 valence electrons. The molecule has 2 aliphatic heterocycles. The van der Waals surface area contributed by atoms with Gasteiger partial charge in [-0.15, -0.1) is 10.2 Å². The van der Waals surface area contributed by atoms with Crippen molar-refractivity contribution >= 4 is 11.8 Å². The lowest BCUT2D eigenvalue weighted by Gasteiger charge is -2.52. The smallest absolute Gasteiger partial charge is 0.305 e. The number of esters is 1. The van der Waals surface area contributed by atoms with Crippen molar-refractivity contribution in [1.82, 2.24) is 30.0 Å². The van der Waals surface area contributed by atoms with E-state index in [9.17, 15) is 9.18 Å². The largest absolute Gasteiger partial charge is 0.469 e. The highest BCUT2D eigenvalue weighted by Gasteiger charge is 2.50. The van der Waals surface area contributed by atoms with Gasteiger partial charge in [-0.25, -0.2) is 19.3 Å². The molecule has 10 nitrogen and oxygen atoms in total. The van der Waals surface area contributed by atoms with E-state index in [4.69, 9.17) is 9.47 Å². The first kappa shape index (κ1) is 27.4. The molecule has 1 atom stereocenters. The molecule has 0 N–H and O–H groups in total. The number of ether oxygens (including phenoxy) is 2. The van der Waals surface area contributed by atoms with Crippen LogP contribution in [0.1, 0.15) is 57.6 Å². The molecule has 1 aromatic carbocycles. The molecule has 2 saturated heterocycles. The van der Waals surface area contributed by atoms with Crippen LogP contribution in [0.4, 0.5) is 10.2 Å². The minimum absolute atomic E-state index is 0.155. The van der Waals surface area contributed by atoms with Gasteiger partial charge in [0.1, 0.15) is 24.2 Å². The minimum atomic E-state index is -0.363. The SMILES string of the molecule is COC(=O)CC[C@@H](C(C)C)N1CC2(CCN(c3ncnnc3Oc3ccc(F)cc3-c3cncnc3C3CC3)C2)C1. The predicted molar refractivity (Wildman–Crippen MR) is 150 cm³/mol. The second-order valence-electron chi connectivity index (χ2n) is 11.9. The summed E-state index contributed by atoms with van der Waals surface area (Å²) in [4.78, 5) is 29.7.